The van der Waals surface area contributed by atoms with E-state index < -0.39 is 10.1 Å². The smallest absolute Gasteiger partial charge is 0.294 e. The molecule has 8 heteroatoms. The topological polar surface area (TPSA) is 83.5 Å². The molecule has 0 aliphatic heterocycles. The lowest BCUT2D eigenvalue weighted by Crippen LogP contribution is -2.24. The zero-order valence-electron chi connectivity index (χ0n) is 15.3. The second-order valence-corrected chi connectivity index (χ2v) is 9.21. The van der Waals surface area contributed by atoms with Crippen LogP contribution >= 0.6 is 24.4 Å². The van der Waals surface area contributed by atoms with Crippen molar-refractivity contribution in [2.24, 2.45) is 0 Å². The molecule has 0 radical (unpaired) electrons. The van der Waals surface area contributed by atoms with Crippen LogP contribution in [0.4, 0.5) is 0 Å². The number of carbonyl (C=O) groups excluding carboxylic acids is 1. The Morgan fingerprint density at radius 1 is 1.15 bits per heavy atom. The summed E-state index contributed by atoms with van der Waals surface area (Å²) in [7, 11) is -4.02. The molecule has 0 amide bonds. The third-order valence-electron chi connectivity index (χ3n) is 3.28. The fraction of sp³-hybridized carbons (Fsp3) is 0.316. The van der Waals surface area contributed by atoms with Gasteiger partial charge in [-0.25, -0.2) is 0 Å². The van der Waals surface area contributed by atoms with Gasteiger partial charge < -0.3 is 5.32 Å². The van der Waals surface area contributed by atoms with Crippen LogP contribution in [0.15, 0.2) is 59.5 Å². The summed E-state index contributed by atoms with van der Waals surface area (Å²) in [6, 6.07) is 15.4. The van der Waals surface area contributed by atoms with Crippen molar-refractivity contribution < 1.29 is 17.8 Å². The minimum atomic E-state index is -4.02. The van der Waals surface area contributed by atoms with E-state index in [9.17, 15) is 13.2 Å². The van der Waals surface area contributed by atoms with Crippen molar-refractivity contribution in [3.8, 4) is 0 Å². The van der Waals surface area contributed by atoms with E-state index in [0.717, 1.165) is 30.0 Å². The zero-order valence-corrected chi connectivity index (χ0v) is 17.9. The molecule has 1 atom stereocenters. The van der Waals surface area contributed by atoms with Crippen molar-refractivity contribution in [2.45, 2.75) is 24.0 Å². The molecule has 2 rings (SSSR count). The Balaban J connectivity index is 0.000000289. The lowest BCUT2D eigenvalue weighted by atomic mass is 10.2. The minimum absolute atomic E-state index is 0.0666. The van der Waals surface area contributed by atoms with Crippen molar-refractivity contribution in [3.63, 3.8) is 0 Å². The van der Waals surface area contributed by atoms with Crippen LogP contribution in [-0.4, -0.2) is 42.2 Å². The van der Waals surface area contributed by atoms with Crippen LogP contribution in [0.5, 0.6) is 0 Å². The molecule has 0 fully saturated rings. The van der Waals surface area contributed by atoms with E-state index >= 15 is 0 Å². The molecule has 0 spiro atoms. The highest BCUT2D eigenvalue weighted by Crippen LogP contribution is 2.11. The highest BCUT2D eigenvalue weighted by Gasteiger charge is 2.07. The first-order valence-corrected chi connectivity index (χ1v) is 11.3. The lowest BCUT2D eigenvalue weighted by molar-refractivity contribution is 0.108. The van der Waals surface area contributed by atoms with Crippen LogP contribution < -0.4 is 5.32 Å². The van der Waals surface area contributed by atoms with Crippen LogP contribution in [-0.2, 0) is 10.1 Å². The number of aryl methyl sites for hydroxylation is 1. The van der Waals surface area contributed by atoms with Crippen LogP contribution in [0.3, 0.4) is 0 Å². The second kappa shape index (κ2) is 12.2. The Morgan fingerprint density at radius 3 is 2.26 bits per heavy atom. The van der Waals surface area contributed by atoms with Gasteiger partial charge >= 0.3 is 0 Å². The van der Waals surface area contributed by atoms with Crippen LogP contribution in [0.1, 0.15) is 22.8 Å². The van der Waals surface area contributed by atoms with Crippen molar-refractivity contribution in [2.75, 3.05) is 18.8 Å². The summed E-state index contributed by atoms with van der Waals surface area (Å²) in [5, 5.41) is 3.74. The molecule has 0 aliphatic carbocycles. The first kappa shape index (κ1) is 23.7. The van der Waals surface area contributed by atoms with Gasteiger partial charge in [0.25, 0.3) is 10.1 Å². The van der Waals surface area contributed by atoms with E-state index in [1.54, 1.807) is 12.1 Å². The van der Waals surface area contributed by atoms with Gasteiger partial charge in [0.05, 0.1) is 4.90 Å². The Hall–Kier alpha value is -1.32. The van der Waals surface area contributed by atoms with Gasteiger partial charge in [-0.05, 0) is 19.1 Å². The quantitative estimate of drug-likeness (QED) is 0.355. The molecule has 0 heterocycles. The summed E-state index contributed by atoms with van der Waals surface area (Å²) in [4.78, 5) is 11.6. The molecule has 27 heavy (non-hydrogen) atoms. The Morgan fingerprint density at radius 2 is 1.74 bits per heavy atom. The molecular weight excluding hydrogens is 402 g/mol. The van der Waals surface area contributed by atoms with Gasteiger partial charge in [0, 0.05) is 29.7 Å². The highest BCUT2D eigenvalue weighted by molar-refractivity contribution is 8.14. The molecular formula is C19H25NO4S3. The number of rotatable bonds is 7. The summed E-state index contributed by atoms with van der Waals surface area (Å²) in [5.74, 6) is 0.800. The third-order valence-corrected chi connectivity index (χ3v) is 5.24. The van der Waals surface area contributed by atoms with Crippen molar-refractivity contribution in [3.05, 3.63) is 65.7 Å². The maximum atomic E-state index is 11.7. The fourth-order valence-corrected chi connectivity index (χ4v) is 3.24. The fourth-order valence-electron chi connectivity index (χ4n) is 1.89. The lowest BCUT2D eigenvalue weighted by Gasteiger charge is -2.05. The molecule has 2 aromatic rings. The number of nitrogens with one attached hydrogen (secondary N) is 1. The number of thiol groups is 1. The maximum absolute atomic E-state index is 11.7. The maximum Gasteiger partial charge on any atom is 0.294 e. The van der Waals surface area contributed by atoms with E-state index in [0.29, 0.717) is 5.25 Å². The third kappa shape index (κ3) is 10.6. The molecule has 0 saturated carbocycles. The monoisotopic (exact) mass is 427 g/mol. The number of thioether (sulfide) groups is 1. The zero-order chi connectivity index (χ0) is 20.3. The summed E-state index contributed by atoms with van der Waals surface area (Å²) in [5.41, 5.74) is 1.73. The predicted octanol–water partition coefficient (Wildman–Crippen LogP) is 3.71. The molecule has 0 bridgehead atoms. The molecule has 0 saturated heterocycles. The molecule has 0 aromatic heterocycles. The van der Waals surface area contributed by atoms with Gasteiger partial charge in [-0.1, -0.05) is 66.7 Å². The van der Waals surface area contributed by atoms with Crippen LogP contribution in [0.25, 0.3) is 0 Å². The summed E-state index contributed by atoms with van der Waals surface area (Å²) >= 11 is 5.62. The van der Waals surface area contributed by atoms with Crippen LogP contribution in [0.2, 0.25) is 0 Å². The Kier molecular flexibility index (Phi) is 10.7. The normalized spacial score (nSPS) is 12.0. The average Bonchev–Trinajstić information content (AvgIpc) is 2.62. The van der Waals surface area contributed by atoms with E-state index in [1.807, 2.05) is 44.2 Å². The molecule has 148 valence electrons. The molecule has 0 aliphatic rings. The van der Waals surface area contributed by atoms with E-state index in [1.165, 1.54) is 23.9 Å². The number of hydrogen-bond acceptors (Lipinski definition) is 6. The number of benzene rings is 2. The summed E-state index contributed by atoms with van der Waals surface area (Å²) in [6.07, 6.45) is 0. The molecule has 1 unspecified atom stereocenters. The van der Waals surface area contributed by atoms with Gasteiger partial charge in [0.15, 0.2) is 0 Å². The first-order valence-electron chi connectivity index (χ1n) is 8.35. The van der Waals surface area contributed by atoms with Gasteiger partial charge in [0.1, 0.15) is 0 Å². The Bertz CT molecular complexity index is 791. The number of hydrogen-bond donors (Lipinski definition) is 3. The second-order valence-electron chi connectivity index (χ2n) is 5.84. The standard InChI is InChI=1S/C12H17NOS2.C7H8O3S/c1-10(15)9-13-7-8-16-12(14)11-5-3-2-4-6-11;1-6-2-4-7(5-3-6)11(8,9)10/h2-6,10,13,15H,7-9H2,1H3;2-5H,1H3,(H,8,9,10). The molecule has 2 N–H and O–H groups in total. The van der Waals surface area contributed by atoms with E-state index in [4.69, 9.17) is 4.55 Å². The first-order chi connectivity index (χ1) is 12.7. The van der Waals surface area contributed by atoms with Gasteiger partial charge in [-0.3, -0.25) is 9.35 Å². The van der Waals surface area contributed by atoms with Gasteiger partial charge in [-0.2, -0.15) is 21.0 Å². The highest BCUT2D eigenvalue weighted by atomic mass is 32.2. The van der Waals surface area contributed by atoms with Crippen molar-refractivity contribution in [1.29, 1.82) is 0 Å². The number of carbonyl (C=O) groups is 1. The van der Waals surface area contributed by atoms with Crippen LogP contribution in [0, 0.1) is 6.92 Å². The molecule has 5 nitrogen and oxygen atoms in total. The average molecular weight is 428 g/mol. The van der Waals surface area contributed by atoms with Gasteiger partial charge in [-0.15, -0.1) is 0 Å². The Labute approximate surface area is 171 Å². The summed E-state index contributed by atoms with van der Waals surface area (Å²) < 4.78 is 29.6. The summed E-state index contributed by atoms with van der Waals surface area (Å²) in [6.45, 7) is 5.60. The molecule has 2 aromatic carbocycles. The van der Waals surface area contributed by atoms with E-state index in [2.05, 4.69) is 17.9 Å². The minimum Gasteiger partial charge on any atom is -0.315 e. The SMILES string of the molecule is CC(S)CNCCSC(=O)c1ccccc1.Cc1ccc(S(=O)(=O)O)cc1. The largest absolute Gasteiger partial charge is 0.315 e. The van der Waals surface area contributed by atoms with E-state index in [-0.39, 0.29) is 10.0 Å². The van der Waals surface area contributed by atoms with Gasteiger partial charge in [0.2, 0.25) is 5.12 Å². The predicted molar refractivity (Wildman–Crippen MR) is 116 cm³/mol. The van der Waals surface area contributed by atoms with Crippen molar-refractivity contribution in [1.82, 2.24) is 5.32 Å². The van der Waals surface area contributed by atoms with Crippen molar-refractivity contribution >= 4 is 39.6 Å².